The smallest absolute Gasteiger partial charge is 0.159 e. The van der Waals surface area contributed by atoms with E-state index in [-0.39, 0.29) is 0 Å². The van der Waals surface area contributed by atoms with Gasteiger partial charge in [0.05, 0.1) is 0 Å². The van der Waals surface area contributed by atoms with Crippen molar-refractivity contribution in [2.45, 2.75) is 84.5 Å². The molecule has 2 nitrogen and oxygen atoms in total. The minimum absolute atomic E-state index is 0.840. The maximum absolute atomic E-state index is 4.53. The number of hydrogen-bond acceptors (Lipinski definition) is 2. The predicted octanol–water partition coefficient (Wildman–Crippen LogP) is 7.03. The molecule has 0 spiro atoms. The van der Waals surface area contributed by atoms with Crippen LogP contribution >= 0.6 is 0 Å². The first-order valence-corrected chi connectivity index (χ1v) is 11.2. The summed E-state index contributed by atoms with van der Waals surface area (Å²) >= 11 is 0. The van der Waals surface area contributed by atoms with Gasteiger partial charge in [-0.15, -0.1) is 0 Å². The van der Waals surface area contributed by atoms with Crippen molar-refractivity contribution in [1.29, 1.82) is 0 Å². The highest BCUT2D eigenvalue weighted by atomic mass is 14.9. The van der Waals surface area contributed by atoms with E-state index in [0.29, 0.717) is 0 Å². The average Bonchev–Trinajstić information content (AvgIpc) is 2.73. The van der Waals surface area contributed by atoms with Crippen LogP contribution in [-0.4, -0.2) is 9.97 Å². The van der Waals surface area contributed by atoms with Crippen LogP contribution in [0.25, 0.3) is 11.4 Å². The van der Waals surface area contributed by atoms with E-state index in [1.807, 2.05) is 12.4 Å². The lowest BCUT2D eigenvalue weighted by molar-refractivity contribution is 0.250. The molecule has 0 bridgehead atoms. The van der Waals surface area contributed by atoms with Gasteiger partial charge in [-0.3, -0.25) is 0 Å². The quantitative estimate of drug-likeness (QED) is 0.477. The van der Waals surface area contributed by atoms with E-state index >= 15 is 0 Å². The standard InChI is InChI=1S/C25H36N2/c1-3-5-7-20-8-10-21(11-9-20)12-13-22-14-16-24(17-15-22)25-26-18-23(6-4-2)19-27-25/h14-21H,3-13H2,1-2H3/t20-,21-. The van der Waals surface area contributed by atoms with Crippen LogP contribution in [0.4, 0.5) is 0 Å². The van der Waals surface area contributed by atoms with Crippen LogP contribution in [0, 0.1) is 11.8 Å². The summed E-state index contributed by atoms with van der Waals surface area (Å²) in [6, 6.07) is 8.91. The molecule has 1 aliphatic rings. The minimum atomic E-state index is 0.840. The van der Waals surface area contributed by atoms with Crippen molar-refractivity contribution in [3.63, 3.8) is 0 Å². The lowest BCUT2D eigenvalue weighted by Crippen LogP contribution is -2.15. The largest absolute Gasteiger partial charge is 0.236 e. The van der Waals surface area contributed by atoms with Gasteiger partial charge in [-0.2, -0.15) is 0 Å². The predicted molar refractivity (Wildman–Crippen MR) is 115 cm³/mol. The van der Waals surface area contributed by atoms with Gasteiger partial charge in [-0.25, -0.2) is 9.97 Å². The van der Waals surface area contributed by atoms with Gasteiger partial charge in [0.2, 0.25) is 0 Å². The molecule has 1 aliphatic carbocycles. The van der Waals surface area contributed by atoms with Crippen molar-refractivity contribution >= 4 is 0 Å². The van der Waals surface area contributed by atoms with Crippen LogP contribution in [0.1, 0.15) is 82.8 Å². The maximum atomic E-state index is 4.53. The van der Waals surface area contributed by atoms with E-state index in [0.717, 1.165) is 36.1 Å². The zero-order valence-electron chi connectivity index (χ0n) is 17.3. The summed E-state index contributed by atoms with van der Waals surface area (Å²) in [5.74, 6) is 2.80. The second kappa shape index (κ2) is 10.6. The molecule has 0 atom stereocenters. The van der Waals surface area contributed by atoms with Crippen molar-refractivity contribution in [1.82, 2.24) is 9.97 Å². The fraction of sp³-hybridized carbons (Fsp3) is 0.600. The van der Waals surface area contributed by atoms with Crippen LogP contribution in [0.3, 0.4) is 0 Å². The SMILES string of the molecule is CCCC[C@H]1CC[C@H](CCc2ccc(-c3ncc(CCC)cn3)cc2)CC1. The van der Waals surface area contributed by atoms with E-state index in [1.54, 1.807) is 0 Å². The van der Waals surface area contributed by atoms with E-state index in [1.165, 1.54) is 68.9 Å². The first-order valence-electron chi connectivity index (χ1n) is 11.2. The Morgan fingerprint density at radius 1 is 0.741 bits per heavy atom. The zero-order chi connectivity index (χ0) is 18.9. The fourth-order valence-corrected chi connectivity index (χ4v) is 4.41. The Hall–Kier alpha value is -1.70. The third-order valence-electron chi connectivity index (χ3n) is 6.23. The van der Waals surface area contributed by atoms with E-state index < -0.39 is 0 Å². The summed E-state index contributed by atoms with van der Waals surface area (Å²) in [5, 5.41) is 0. The summed E-state index contributed by atoms with van der Waals surface area (Å²) in [4.78, 5) is 9.07. The van der Waals surface area contributed by atoms with Crippen LogP contribution in [0.5, 0.6) is 0 Å². The molecule has 3 rings (SSSR count). The summed E-state index contributed by atoms with van der Waals surface area (Å²) in [7, 11) is 0. The van der Waals surface area contributed by atoms with Crippen molar-refractivity contribution < 1.29 is 0 Å². The summed E-state index contributed by atoms with van der Waals surface area (Å²) in [5.41, 5.74) is 3.80. The van der Waals surface area contributed by atoms with Crippen LogP contribution in [-0.2, 0) is 12.8 Å². The second-order valence-corrected chi connectivity index (χ2v) is 8.43. The molecule has 1 saturated carbocycles. The molecule has 0 unspecified atom stereocenters. The number of rotatable bonds is 9. The molecule has 0 radical (unpaired) electrons. The lowest BCUT2D eigenvalue weighted by atomic mass is 9.78. The van der Waals surface area contributed by atoms with E-state index in [2.05, 4.69) is 48.1 Å². The number of hydrogen-bond donors (Lipinski definition) is 0. The van der Waals surface area contributed by atoms with E-state index in [4.69, 9.17) is 0 Å². The topological polar surface area (TPSA) is 25.8 Å². The van der Waals surface area contributed by atoms with Crippen molar-refractivity contribution in [3.05, 3.63) is 47.8 Å². The minimum Gasteiger partial charge on any atom is -0.236 e. The molecule has 1 aromatic heterocycles. The molecule has 0 aliphatic heterocycles. The Kier molecular flexibility index (Phi) is 7.86. The Labute approximate surface area is 165 Å². The zero-order valence-corrected chi connectivity index (χ0v) is 17.3. The average molecular weight is 365 g/mol. The Morgan fingerprint density at radius 3 is 1.96 bits per heavy atom. The van der Waals surface area contributed by atoms with Gasteiger partial charge < -0.3 is 0 Å². The number of benzene rings is 1. The summed E-state index contributed by atoms with van der Waals surface area (Å²) in [6.07, 6.45) is 18.8. The molecule has 0 amide bonds. The fourth-order valence-electron chi connectivity index (χ4n) is 4.41. The van der Waals surface area contributed by atoms with Crippen molar-refractivity contribution in [3.8, 4) is 11.4 Å². The van der Waals surface area contributed by atoms with Gasteiger partial charge in [0.15, 0.2) is 5.82 Å². The molecule has 0 N–H and O–H groups in total. The highest BCUT2D eigenvalue weighted by Gasteiger charge is 2.20. The molecule has 1 fully saturated rings. The second-order valence-electron chi connectivity index (χ2n) is 8.43. The summed E-state index contributed by atoms with van der Waals surface area (Å²) in [6.45, 7) is 4.50. The third kappa shape index (κ3) is 6.16. The van der Waals surface area contributed by atoms with Crippen LogP contribution < -0.4 is 0 Å². The Morgan fingerprint density at radius 2 is 1.37 bits per heavy atom. The monoisotopic (exact) mass is 364 g/mol. The first-order chi connectivity index (χ1) is 13.3. The number of nitrogens with zero attached hydrogens (tertiary/aromatic N) is 2. The van der Waals surface area contributed by atoms with Gasteiger partial charge in [0, 0.05) is 18.0 Å². The van der Waals surface area contributed by atoms with Gasteiger partial charge >= 0.3 is 0 Å². The molecule has 0 saturated heterocycles. The number of unbranched alkanes of at least 4 members (excludes halogenated alkanes) is 1. The van der Waals surface area contributed by atoms with Crippen LogP contribution in [0.2, 0.25) is 0 Å². The lowest BCUT2D eigenvalue weighted by Gasteiger charge is -2.28. The van der Waals surface area contributed by atoms with Gasteiger partial charge in [-0.05, 0) is 42.2 Å². The summed E-state index contributed by atoms with van der Waals surface area (Å²) < 4.78 is 0. The van der Waals surface area contributed by atoms with Crippen LogP contribution in [0.15, 0.2) is 36.7 Å². The first kappa shape index (κ1) is 20.0. The molecule has 27 heavy (non-hydrogen) atoms. The molecular weight excluding hydrogens is 328 g/mol. The number of aryl methyl sites for hydroxylation is 2. The molecular formula is C25H36N2. The molecule has 146 valence electrons. The third-order valence-corrected chi connectivity index (χ3v) is 6.23. The normalized spacial score (nSPS) is 19.9. The molecule has 1 aromatic carbocycles. The molecule has 2 aromatic rings. The van der Waals surface area contributed by atoms with Gasteiger partial charge in [0.1, 0.15) is 0 Å². The van der Waals surface area contributed by atoms with E-state index in [9.17, 15) is 0 Å². The van der Waals surface area contributed by atoms with Crippen molar-refractivity contribution in [2.75, 3.05) is 0 Å². The molecule has 1 heterocycles. The van der Waals surface area contributed by atoms with Gasteiger partial charge in [0.25, 0.3) is 0 Å². The van der Waals surface area contributed by atoms with Crippen molar-refractivity contribution in [2.24, 2.45) is 11.8 Å². The Bertz CT molecular complexity index is 652. The van der Waals surface area contributed by atoms with Gasteiger partial charge in [-0.1, -0.05) is 89.5 Å². The molecule has 2 heteroatoms. The maximum Gasteiger partial charge on any atom is 0.159 e. The number of aromatic nitrogens is 2. The Balaban J connectivity index is 1.45. The highest BCUT2D eigenvalue weighted by molar-refractivity contribution is 5.55. The highest BCUT2D eigenvalue weighted by Crippen LogP contribution is 2.34.